The van der Waals surface area contributed by atoms with Crippen molar-refractivity contribution in [2.24, 2.45) is 23.7 Å². The summed E-state index contributed by atoms with van der Waals surface area (Å²) in [5.74, 6) is 0.767. The number of esters is 4. The Balaban J connectivity index is 5.26. The van der Waals surface area contributed by atoms with Crippen molar-refractivity contribution in [1.29, 1.82) is 0 Å². The van der Waals surface area contributed by atoms with Crippen molar-refractivity contribution in [3.8, 4) is 0 Å². The molecule has 0 fully saturated rings. The van der Waals surface area contributed by atoms with Crippen molar-refractivity contribution in [3.05, 3.63) is 0 Å². The number of carbonyl (C=O) groups excluding carboxylic acids is 4. The molecule has 0 aliphatic heterocycles. The maximum absolute atomic E-state index is 13.0. The first-order chi connectivity index (χ1) is 39.7. The molecule has 0 rings (SSSR count). The predicted octanol–water partition coefficient (Wildman–Crippen LogP) is 17.4. The molecule has 0 radical (unpaired) electrons. The highest BCUT2D eigenvalue weighted by molar-refractivity contribution is 7.47. The summed E-state index contributed by atoms with van der Waals surface area (Å²) < 4.78 is 68.0. The Bertz CT molecular complexity index is 1670. The summed E-state index contributed by atoms with van der Waals surface area (Å²) in [5.41, 5.74) is 0. The Kier molecular flexibility index (Phi) is 53.0. The van der Waals surface area contributed by atoms with Crippen LogP contribution < -0.4 is 0 Å². The molecule has 83 heavy (non-hydrogen) atoms. The van der Waals surface area contributed by atoms with E-state index in [4.69, 9.17) is 37.0 Å². The van der Waals surface area contributed by atoms with Crippen molar-refractivity contribution in [2.75, 3.05) is 39.6 Å². The van der Waals surface area contributed by atoms with E-state index in [0.29, 0.717) is 31.6 Å². The largest absolute Gasteiger partial charge is 0.472 e. The second-order valence-electron chi connectivity index (χ2n) is 24.6. The topological polar surface area (TPSA) is 237 Å². The van der Waals surface area contributed by atoms with Gasteiger partial charge in [0.1, 0.15) is 19.3 Å². The lowest BCUT2D eigenvalue weighted by Crippen LogP contribution is -2.30. The molecular formula is C64H124O17P2. The van der Waals surface area contributed by atoms with Gasteiger partial charge in [0.25, 0.3) is 0 Å². The van der Waals surface area contributed by atoms with Gasteiger partial charge < -0.3 is 33.8 Å². The number of aliphatic hydroxyl groups is 1. The standard InChI is InChI=1S/C64H124O17P2/c1-9-56(7)42-34-26-20-22-28-36-44-61(66)74-50-59(80-63(68)46-38-30-18-14-12-11-13-16-24-32-40-54(3)4)52-78-82(70,71)76-48-58(65)49-77-83(72,73)79-53-60(81-64(69)47-39-31-19-15-17-25-33-41-55(5)6)51-75-62(67)45-37-29-23-21-27-35-43-57(8)10-2/h54-60,65H,9-53H2,1-8H3,(H,70,71)(H,72,73)/t56?,57?,58-,59-,60-/m1/s1. The summed E-state index contributed by atoms with van der Waals surface area (Å²) in [7, 11) is -9.89. The minimum atomic E-state index is -4.95. The second-order valence-corrected chi connectivity index (χ2v) is 27.5. The summed E-state index contributed by atoms with van der Waals surface area (Å²) in [6.45, 7) is 13.9. The number of phosphoric ester groups is 2. The molecule has 0 heterocycles. The fourth-order valence-corrected chi connectivity index (χ4v) is 10.9. The van der Waals surface area contributed by atoms with E-state index in [-0.39, 0.29) is 25.7 Å². The number of unbranched alkanes of at least 4 members (excludes halogenated alkanes) is 25. The van der Waals surface area contributed by atoms with Crippen LogP contribution in [0.2, 0.25) is 0 Å². The summed E-state index contributed by atoms with van der Waals surface area (Å²) in [5, 5.41) is 10.5. The van der Waals surface area contributed by atoms with Gasteiger partial charge in [0.15, 0.2) is 12.2 Å². The van der Waals surface area contributed by atoms with Gasteiger partial charge in [-0.15, -0.1) is 0 Å². The fourth-order valence-electron chi connectivity index (χ4n) is 9.36. The smallest absolute Gasteiger partial charge is 0.462 e. The van der Waals surface area contributed by atoms with Crippen LogP contribution in [-0.4, -0.2) is 96.7 Å². The minimum absolute atomic E-state index is 0.102. The predicted molar refractivity (Wildman–Crippen MR) is 331 cm³/mol. The normalized spacial score (nSPS) is 15.1. The molecule has 0 aliphatic carbocycles. The van der Waals surface area contributed by atoms with E-state index in [9.17, 15) is 43.2 Å². The van der Waals surface area contributed by atoms with Crippen LogP contribution >= 0.6 is 15.6 Å². The third kappa shape index (κ3) is 56.3. The molecule has 0 saturated carbocycles. The van der Waals surface area contributed by atoms with Gasteiger partial charge in [-0.2, -0.15) is 0 Å². The summed E-state index contributed by atoms with van der Waals surface area (Å²) in [6, 6.07) is 0. The molecule has 19 heteroatoms. The third-order valence-corrected chi connectivity index (χ3v) is 17.2. The number of hydrogen-bond donors (Lipinski definition) is 3. The molecular weight excluding hydrogens is 1100 g/mol. The SMILES string of the molecule is CCC(C)CCCCCCCCC(=O)OC[C@H](COP(=O)(O)OC[C@@H](O)COP(=O)(O)OC[C@@H](COC(=O)CCCCCCCCC(C)CC)OC(=O)CCCCCCCCCC(C)C)OC(=O)CCCCCCCCCCCCC(C)C. The van der Waals surface area contributed by atoms with Gasteiger partial charge in [-0.25, -0.2) is 9.13 Å². The zero-order valence-electron chi connectivity index (χ0n) is 53.8. The molecule has 492 valence electrons. The minimum Gasteiger partial charge on any atom is -0.462 e. The first-order valence-corrected chi connectivity index (χ1v) is 36.3. The van der Waals surface area contributed by atoms with Gasteiger partial charge in [-0.1, -0.05) is 254 Å². The van der Waals surface area contributed by atoms with Gasteiger partial charge in [0.2, 0.25) is 0 Å². The number of ether oxygens (including phenoxy) is 4. The van der Waals surface area contributed by atoms with Crippen LogP contribution in [0.3, 0.4) is 0 Å². The van der Waals surface area contributed by atoms with E-state index < -0.39 is 97.5 Å². The maximum atomic E-state index is 13.0. The van der Waals surface area contributed by atoms with Crippen LogP contribution in [0.5, 0.6) is 0 Å². The van der Waals surface area contributed by atoms with E-state index in [1.54, 1.807) is 0 Å². The monoisotopic (exact) mass is 1230 g/mol. The van der Waals surface area contributed by atoms with Crippen LogP contribution in [0.25, 0.3) is 0 Å². The number of phosphoric acid groups is 2. The molecule has 7 atom stereocenters. The van der Waals surface area contributed by atoms with Crippen molar-refractivity contribution in [3.63, 3.8) is 0 Å². The average Bonchev–Trinajstić information content (AvgIpc) is 3.44. The quantitative estimate of drug-likeness (QED) is 0.0222. The summed E-state index contributed by atoms with van der Waals surface area (Å²) in [4.78, 5) is 72.2. The Morgan fingerprint density at radius 3 is 0.855 bits per heavy atom. The lowest BCUT2D eigenvalue weighted by Gasteiger charge is -2.21. The molecule has 0 aromatic heterocycles. The molecule has 0 saturated heterocycles. The van der Waals surface area contributed by atoms with Gasteiger partial charge in [-0.3, -0.25) is 37.3 Å². The first kappa shape index (κ1) is 81.1. The molecule has 0 spiro atoms. The summed E-state index contributed by atoms with van der Waals surface area (Å²) in [6.07, 6.45) is 33.6. The second kappa shape index (κ2) is 54.2. The van der Waals surface area contributed by atoms with Crippen LogP contribution in [0.15, 0.2) is 0 Å². The fraction of sp³-hybridized carbons (Fsp3) is 0.938. The van der Waals surface area contributed by atoms with Crippen molar-refractivity contribution in [2.45, 2.75) is 324 Å². The highest BCUT2D eigenvalue weighted by Gasteiger charge is 2.30. The van der Waals surface area contributed by atoms with E-state index in [1.807, 2.05) is 0 Å². The Morgan fingerprint density at radius 1 is 0.337 bits per heavy atom. The highest BCUT2D eigenvalue weighted by atomic mass is 31.2. The van der Waals surface area contributed by atoms with Crippen molar-refractivity contribution < 1.29 is 80.2 Å². The Hall–Kier alpha value is -1.94. The van der Waals surface area contributed by atoms with Gasteiger partial charge in [-0.05, 0) is 49.4 Å². The molecule has 3 N–H and O–H groups in total. The molecule has 17 nitrogen and oxygen atoms in total. The lowest BCUT2D eigenvalue weighted by atomic mass is 10.00. The van der Waals surface area contributed by atoms with Crippen LogP contribution in [0, 0.1) is 23.7 Å². The van der Waals surface area contributed by atoms with Crippen molar-refractivity contribution in [1.82, 2.24) is 0 Å². The first-order valence-electron chi connectivity index (χ1n) is 33.3. The number of rotatable bonds is 61. The molecule has 0 aromatic rings. The van der Waals surface area contributed by atoms with E-state index in [2.05, 4.69) is 55.4 Å². The molecule has 0 aromatic carbocycles. The summed E-state index contributed by atoms with van der Waals surface area (Å²) >= 11 is 0. The molecule has 0 bridgehead atoms. The molecule has 4 unspecified atom stereocenters. The van der Waals surface area contributed by atoms with E-state index >= 15 is 0 Å². The van der Waals surface area contributed by atoms with Crippen molar-refractivity contribution >= 4 is 39.5 Å². The van der Waals surface area contributed by atoms with Crippen LogP contribution in [0.4, 0.5) is 0 Å². The molecule has 0 amide bonds. The Labute approximate surface area is 505 Å². The number of aliphatic hydroxyl groups excluding tert-OH is 1. The van der Waals surface area contributed by atoms with Gasteiger partial charge >= 0.3 is 39.5 Å². The third-order valence-electron chi connectivity index (χ3n) is 15.3. The van der Waals surface area contributed by atoms with Crippen LogP contribution in [-0.2, 0) is 65.4 Å². The average molecular weight is 1230 g/mol. The highest BCUT2D eigenvalue weighted by Crippen LogP contribution is 2.45. The lowest BCUT2D eigenvalue weighted by molar-refractivity contribution is -0.161. The zero-order chi connectivity index (χ0) is 61.8. The van der Waals surface area contributed by atoms with E-state index in [0.717, 1.165) is 120 Å². The van der Waals surface area contributed by atoms with Gasteiger partial charge in [0.05, 0.1) is 26.4 Å². The zero-order valence-corrected chi connectivity index (χ0v) is 55.6. The maximum Gasteiger partial charge on any atom is 0.472 e. The van der Waals surface area contributed by atoms with Gasteiger partial charge in [0, 0.05) is 25.7 Å². The van der Waals surface area contributed by atoms with Crippen LogP contribution in [0.1, 0.15) is 306 Å². The molecule has 0 aliphatic rings. The number of hydrogen-bond acceptors (Lipinski definition) is 15. The van der Waals surface area contributed by atoms with E-state index in [1.165, 1.54) is 96.3 Å². The number of carbonyl (C=O) groups is 4. The Morgan fingerprint density at radius 2 is 0.578 bits per heavy atom.